The molecule has 0 spiro atoms. The van der Waals surface area contributed by atoms with Crippen molar-refractivity contribution in [1.82, 2.24) is 5.01 Å². The molecule has 0 aromatic rings. The monoisotopic (exact) mass is 260 g/mol. The average Bonchev–Trinajstić information content (AvgIpc) is 2.57. The van der Waals surface area contributed by atoms with Crippen molar-refractivity contribution in [3.8, 4) is 0 Å². The summed E-state index contributed by atoms with van der Waals surface area (Å²) in [5.74, 6) is 0. The van der Waals surface area contributed by atoms with Crippen LogP contribution in [0.1, 0.15) is 27.2 Å². The summed E-state index contributed by atoms with van der Waals surface area (Å²) in [5, 5.41) is 13.8. The first-order valence-electron chi connectivity index (χ1n) is 6.11. The van der Waals surface area contributed by atoms with Gasteiger partial charge in [0.05, 0.1) is 24.0 Å². The molecule has 1 aliphatic heterocycles. The zero-order chi connectivity index (χ0) is 13.3. The predicted octanol–water partition coefficient (Wildman–Crippen LogP) is 2.12. The molecule has 5 nitrogen and oxygen atoms in total. The van der Waals surface area contributed by atoms with Crippen molar-refractivity contribution in [3.63, 3.8) is 0 Å². The Kier molecular flexibility index (Phi) is 4.32. The lowest BCUT2D eigenvalue weighted by molar-refractivity contribution is 0.0778. The first-order chi connectivity index (χ1) is 7.73. The van der Waals surface area contributed by atoms with Crippen molar-refractivity contribution in [3.05, 3.63) is 4.91 Å². The topological polar surface area (TPSA) is 62.1 Å². The van der Waals surface area contributed by atoms with E-state index in [1.165, 1.54) is 5.01 Å². The Hall–Kier alpha value is -0.463. The van der Waals surface area contributed by atoms with E-state index in [4.69, 9.17) is 4.43 Å². The normalized spacial score (nSPS) is 26.4. The van der Waals surface area contributed by atoms with E-state index in [1.54, 1.807) is 0 Å². The first-order valence-corrected chi connectivity index (χ1v) is 9.02. The number of rotatable bonds is 4. The summed E-state index contributed by atoms with van der Waals surface area (Å²) in [6, 6.07) is -0.276. The Morgan fingerprint density at radius 2 is 2.06 bits per heavy atom. The second-order valence-corrected chi connectivity index (χ2v) is 11.0. The zero-order valence-electron chi connectivity index (χ0n) is 11.4. The molecular weight excluding hydrogens is 236 g/mol. The van der Waals surface area contributed by atoms with Gasteiger partial charge in [-0.05, 0) is 24.6 Å². The van der Waals surface area contributed by atoms with Gasteiger partial charge in [-0.2, -0.15) is 0 Å². The minimum absolute atomic E-state index is 0.0707. The fourth-order valence-corrected chi connectivity index (χ4v) is 3.20. The summed E-state index contributed by atoms with van der Waals surface area (Å²) < 4.78 is 6.24. The molecule has 1 heterocycles. The van der Waals surface area contributed by atoms with Gasteiger partial charge >= 0.3 is 0 Å². The van der Waals surface area contributed by atoms with Crippen LogP contribution in [-0.2, 0) is 4.43 Å². The molecule has 0 aromatic heterocycles. The third kappa shape index (κ3) is 3.05. The number of aliphatic hydroxyl groups is 1. The molecule has 6 heteroatoms. The maximum atomic E-state index is 10.6. The molecular formula is C11H24N2O3Si. The van der Waals surface area contributed by atoms with Crippen molar-refractivity contribution < 1.29 is 9.53 Å². The lowest BCUT2D eigenvalue weighted by Crippen LogP contribution is -2.48. The van der Waals surface area contributed by atoms with E-state index in [9.17, 15) is 10.0 Å². The SMILES string of the molecule is CC(C)(C)[Si](C)(C)O[C@H]1CCN(N=O)[C@@H]1CO. The van der Waals surface area contributed by atoms with E-state index in [0.717, 1.165) is 6.42 Å². The predicted molar refractivity (Wildman–Crippen MR) is 70.1 cm³/mol. The van der Waals surface area contributed by atoms with Gasteiger partial charge in [0.1, 0.15) is 0 Å². The molecule has 0 saturated carbocycles. The molecule has 1 N–H and O–H groups in total. The van der Waals surface area contributed by atoms with E-state index >= 15 is 0 Å². The quantitative estimate of drug-likeness (QED) is 0.621. The van der Waals surface area contributed by atoms with Crippen LogP contribution in [0.4, 0.5) is 0 Å². The smallest absolute Gasteiger partial charge is 0.192 e. The molecule has 1 aliphatic rings. The zero-order valence-corrected chi connectivity index (χ0v) is 12.4. The van der Waals surface area contributed by atoms with E-state index in [0.29, 0.717) is 6.54 Å². The van der Waals surface area contributed by atoms with E-state index in [-0.39, 0.29) is 23.8 Å². The molecule has 2 atom stereocenters. The summed E-state index contributed by atoms with van der Waals surface area (Å²) in [4.78, 5) is 10.6. The molecule has 0 unspecified atom stereocenters. The molecule has 0 bridgehead atoms. The largest absolute Gasteiger partial charge is 0.412 e. The number of nitrogens with zero attached hydrogens (tertiary/aromatic N) is 2. The molecule has 1 fully saturated rings. The Bertz CT molecular complexity index is 278. The summed E-state index contributed by atoms with van der Waals surface area (Å²) in [7, 11) is -1.85. The fraction of sp³-hybridized carbons (Fsp3) is 1.00. The van der Waals surface area contributed by atoms with Crippen molar-refractivity contribution in [2.24, 2.45) is 5.29 Å². The van der Waals surface area contributed by atoms with Gasteiger partial charge in [-0.3, -0.25) is 5.01 Å². The highest BCUT2D eigenvalue weighted by atomic mass is 28.4. The lowest BCUT2D eigenvalue weighted by Gasteiger charge is -2.39. The van der Waals surface area contributed by atoms with Gasteiger partial charge in [-0.1, -0.05) is 20.8 Å². The van der Waals surface area contributed by atoms with Gasteiger partial charge in [0.15, 0.2) is 8.32 Å². The summed E-state index contributed by atoms with van der Waals surface area (Å²) in [6.07, 6.45) is 0.697. The van der Waals surface area contributed by atoms with Crippen LogP contribution >= 0.6 is 0 Å². The summed E-state index contributed by atoms with van der Waals surface area (Å²) >= 11 is 0. The second-order valence-electron chi connectivity index (χ2n) is 6.20. The van der Waals surface area contributed by atoms with Gasteiger partial charge in [-0.15, -0.1) is 4.91 Å². The Labute approximate surface area is 104 Å². The fourth-order valence-electron chi connectivity index (χ4n) is 1.82. The van der Waals surface area contributed by atoms with Gasteiger partial charge in [0, 0.05) is 6.54 Å². The third-order valence-corrected chi connectivity index (χ3v) is 8.50. The Morgan fingerprint density at radius 1 is 1.47 bits per heavy atom. The van der Waals surface area contributed by atoms with E-state index < -0.39 is 8.32 Å². The molecule has 1 saturated heterocycles. The third-order valence-electron chi connectivity index (χ3n) is 4.00. The molecule has 100 valence electrons. The Morgan fingerprint density at radius 3 is 2.47 bits per heavy atom. The average molecular weight is 260 g/mol. The van der Waals surface area contributed by atoms with Crippen LogP contribution in [0.15, 0.2) is 5.29 Å². The highest BCUT2D eigenvalue weighted by Crippen LogP contribution is 2.39. The summed E-state index contributed by atoms with van der Waals surface area (Å²) in [5.41, 5.74) is 0. The maximum Gasteiger partial charge on any atom is 0.192 e. The molecule has 0 aromatic carbocycles. The van der Waals surface area contributed by atoms with E-state index in [2.05, 4.69) is 39.2 Å². The minimum Gasteiger partial charge on any atom is -0.412 e. The van der Waals surface area contributed by atoms with Crippen LogP contribution in [0, 0.1) is 4.91 Å². The summed E-state index contributed by atoms with van der Waals surface area (Å²) in [6.45, 7) is 11.4. The highest BCUT2D eigenvalue weighted by molar-refractivity contribution is 6.74. The molecule has 17 heavy (non-hydrogen) atoms. The lowest BCUT2D eigenvalue weighted by atomic mass is 10.2. The van der Waals surface area contributed by atoms with Gasteiger partial charge in [0.25, 0.3) is 0 Å². The van der Waals surface area contributed by atoms with Crippen molar-refractivity contribution in [2.45, 2.75) is 57.5 Å². The van der Waals surface area contributed by atoms with Crippen LogP contribution in [0.2, 0.25) is 18.1 Å². The molecule has 0 amide bonds. The van der Waals surface area contributed by atoms with E-state index in [1.807, 2.05) is 0 Å². The standard InChI is InChI=1S/C11H24N2O3Si/c1-11(2,3)17(4,5)16-10-6-7-13(12-15)9(10)8-14/h9-10,14H,6-8H2,1-5H3/t9-,10+/m1/s1. The van der Waals surface area contributed by atoms with Crippen molar-refractivity contribution >= 4 is 8.32 Å². The Balaban J connectivity index is 2.72. The number of hydrogen-bond acceptors (Lipinski definition) is 4. The molecule has 0 radical (unpaired) electrons. The van der Waals surface area contributed by atoms with Crippen LogP contribution in [0.25, 0.3) is 0 Å². The number of nitroso groups, excluding NO2 is 1. The minimum atomic E-state index is -1.85. The van der Waals surface area contributed by atoms with Gasteiger partial charge in [0.2, 0.25) is 0 Å². The second kappa shape index (κ2) is 5.03. The van der Waals surface area contributed by atoms with Crippen LogP contribution < -0.4 is 0 Å². The molecule has 1 rings (SSSR count). The van der Waals surface area contributed by atoms with Crippen molar-refractivity contribution in [1.29, 1.82) is 0 Å². The van der Waals surface area contributed by atoms with Crippen molar-refractivity contribution in [2.75, 3.05) is 13.2 Å². The maximum absolute atomic E-state index is 10.6. The van der Waals surface area contributed by atoms with Gasteiger partial charge in [-0.25, -0.2) is 0 Å². The number of aliphatic hydroxyl groups excluding tert-OH is 1. The highest BCUT2D eigenvalue weighted by Gasteiger charge is 2.44. The van der Waals surface area contributed by atoms with Crippen LogP contribution in [0.5, 0.6) is 0 Å². The molecule has 0 aliphatic carbocycles. The van der Waals surface area contributed by atoms with Crippen LogP contribution in [-0.4, -0.2) is 43.7 Å². The van der Waals surface area contributed by atoms with Crippen LogP contribution in [0.3, 0.4) is 0 Å². The van der Waals surface area contributed by atoms with Gasteiger partial charge < -0.3 is 9.53 Å². The number of hydrogen-bond donors (Lipinski definition) is 1. The first kappa shape index (κ1) is 14.6.